The van der Waals surface area contributed by atoms with Crippen LogP contribution in [0, 0.1) is 5.92 Å². The Kier molecular flexibility index (Phi) is 6.33. The van der Waals surface area contributed by atoms with Crippen LogP contribution in [-0.4, -0.2) is 33.6 Å². The lowest BCUT2D eigenvalue weighted by Gasteiger charge is -2.12. The summed E-state index contributed by atoms with van der Waals surface area (Å²) >= 11 is 9.92. The van der Waals surface area contributed by atoms with E-state index < -0.39 is 0 Å². The summed E-state index contributed by atoms with van der Waals surface area (Å²) < 4.78 is 2.57. The van der Waals surface area contributed by atoms with E-state index in [9.17, 15) is 4.79 Å². The van der Waals surface area contributed by atoms with Crippen LogP contribution in [0.1, 0.15) is 24.3 Å². The highest BCUT2D eigenvalue weighted by molar-refractivity contribution is 9.10. The number of nitrogens with zero attached hydrogens (tertiary/aromatic N) is 3. The fraction of sp³-hybridized carbons (Fsp3) is 0.240. The third-order valence-electron chi connectivity index (χ3n) is 5.89. The Balaban J connectivity index is 1.19. The Bertz CT molecular complexity index is 1290. The lowest BCUT2D eigenvalue weighted by molar-refractivity contribution is -0.122. The molecule has 1 fully saturated rings. The quantitative estimate of drug-likeness (QED) is 0.297. The van der Waals surface area contributed by atoms with Crippen molar-refractivity contribution in [3.8, 4) is 11.3 Å². The van der Waals surface area contributed by atoms with Crippen molar-refractivity contribution in [3.05, 3.63) is 81.9 Å². The van der Waals surface area contributed by atoms with E-state index in [1.165, 1.54) is 5.56 Å². The van der Waals surface area contributed by atoms with Crippen LogP contribution in [0.4, 0.5) is 5.82 Å². The van der Waals surface area contributed by atoms with Crippen molar-refractivity contribution in [1.29, 1.82) is 0 Å². The molecular formula is C25H23BrClN5O. The second kappa shape index (κ2) is 9.53. The summed E-state index contributed by atoms with van der Waals surface area (Å²) in [6, 6.07) is 19.8. The summed E-state index contributed by atoms with van der Waals surface area (Å²) in [7, 11) is 0. The monoisotopic (exact) mass is 523 g/mol. The van der Waals surface area contributed by atoms with Crippen molar-refractivity contribution in [2.75, 3.05) is 18.4 Å². The van der Waals surface area contributed by atoms with Gasteiger partial charge in [0.05, 0.1) is 16.4 Å². The molecule has 1 saturated carbocycles. The summed E-state index contributed by atoms with van der Waals surface area (Å²) in [5.41, 5.74) is 3.60. The molecule has 0 radical (unpaired) electrons. The minimum Gasteiger partial charge on any atom is -0.370 e. The molecule has 0 saturated heterocycles. The Morgan fingerprint density at radius 1 is 1.12 bits per heavy atom. The number of rotatable bonds is 8. The largest absolute Gasteiger partial charge is 0.370 e. The normalized spacial score (nSPS) is 17.2. The summed E-state index contributed by atoms with van der Waals surface area (Å²) in [6.45, 7) is 1.31. The van der Waals surface area contributed by atoms with E-state index in [-0.39, 0.29) is 11.8 Å². The fourth-order valence-electron chi connectivity index (χ4n) is 4.07. The number of halogens is 2. The topological polar surface area (TPSA) is 71.3 Å². The number of nitrogens with one attached hydrogen (secondary N) is 2. The predicted molar refractivity (Wildman–Crippen MR) is 135 cm³/mol. The van der Waals surface area contributed by atoms with E-state index in [0.717, 1.165) is 34.4 Å². The Morgan fingerprint density at radius 3 is 2.73 bits per heavy atom. The van der Waals surface area contributed by atoms with Gasteiger partial charge >= 0.3 is 0 Å². The number of hydrogen-bond acceptors (Lipinski definition) is 4. The number of aromatic nitrogens is 3. The molecule has 2 heterocycles. The predicted octanol–water partition coefficient (Wildman–Crippen LogP) is 5.53. The van der Waals surface area contributed by atoms with Crippen molar-refractivity contribution in [1.82, 2.24) is 19.9 Å². The van der Waals surface area contributed by atoms with Crippen molar-refractivity contribution >= 4 is 44.9 Å². The van der Waals surface area contributed by atoms with Gasteiger partial charge in [-0.05, 0) is 46.3 Å². The van der Waals surface area contributed by atoms with Crippen LogP contribution in [0.2, 0.25) is 5.02 Å². The van der Waals surface area contributed by atoms with E-state index in [2.05, 4.69) is 43.8 Å². The van der Waals surface area contributed by atoms with Crippen LogP contribution in [0.25, 0.3) is 16.9 Å². The van der Waals surface area contributed by atoms with Gasteiger partial charge in [-0.2, -0.15) is 9.61 Å². The van der Waals surface area contributed by atoms with Crippen molar-refractivity contribution < 1.29 is 4.79 Å². The maximum Gasteiger partial charge on any atom is 0.223 e. The van der Waals surface area contributed by atoms with Crippen LogP contribution in [0.5, 0.6) is 0 Å². The van der Waals surface area contributed by atoms with Gasteiger partial charge in [0.2, 0.25) is 5.91 Å². The zero-order valence-electron chi connectivity index (χ0n) is 17.8. The fourth-order valence-corrected chi connectivity index (χ4v) is 4.65. The molecule has 2 atom stereocenters. The number of anilines is 1. The highest BCUT2D eigenvalue weighted by Crippen LogP contribution is 2.47. The first-order chi connectivity index (χ1) is 16.1. The number of hydrogen-bond donors (Lipinski definition) is 2. The molecular weight excluding hydrogens is 502 g/mol. The van der Waals surface area contributed by atoms with Crippen LogP contribution in [-0.2, 0) is 4.79 Å². The maximum absolute atomic E-state index is 12.5. The van der Waals surface area contributed by atoms with Crippen molar-refractivity contribution in [2.24, 2.45) is 5.92 Å². The first-order valence-corrected chi connectivity index (χ1v) is 12.1. The highest BCUT2D eigenvalue weighted by Gasteiger charge is 2.43. The molecule has 6 nitrogen and oxygen atoms in total. The minimum absolute atomic E-state index is 0.0970. The molecule has 0 unspecified atom stereocenters. The summed E-state index contributed by atoms with van der Waals surface area (Å²) in [5, 5.41) is 11.6. The average molecular weight is 525 g/mol. The van der Waals surface area contributed by atoms with E-state index >= 15 is 0 Å². The van der Waals surface area contributed by atoms with Crippen LogP contribution < -0.4 is 10.6 Å². The molecule has 1 aliphatic carbocycles. The smallest absolute Gasteiger partial charge is 0.223 e. The van der Waals surface area contributed by atoms with Gasteiger partial charge in [-0.1, -0.05) is 60.1 Å². The SMILES string of the molecule is O=C(NCCCNc1cc(-c2ccccc2Cl)nc2c(Br)cnn12)[C@@H]1C[C@H]1c1ccccc1. The highest BCUT2D eigenvalue weighted by atomic mass is 79.9. The van der Waals surface area contributed by atoms with Crippen LogP contribution in [0.15, 0.2) is 71.3 Å². The molecule has 1 aliphatic rings. The van der Waals surface area contributed by atoms with Gasteiger partial charge < -0.3 is 10.6 Å². The Labute approximate surface area is 205 Å². The molecule has 8 heteroatoms. The Morgan fingerprint density at radius 2 is 1.91 bits per heavy atom. The van der Waals surface area contributed by atoms with Gasteiger partial charge in [0.1, 0.15) is 5.82 Å². The molecule has 0 aliphatic heterocycles. The molecule has 2 aromatic carbocycles. The molecule has 4 aromatic rings. The molecule has 2 aromatic heterocycles. The van der Waals surface area contributed by atoms with Gasteiger partial charge in [-0.3, -0.25) is 4.79 Å². The molecule has 5 rings (SSSR count). The average Bonchev–Trinajstić information content (AvgIpc) is 3.56. The van der Waals surface area contributed by atoms with Crippen molar-refractivity contribution in [2.45, 2.75) is 18.8 Å². The number of fused-ring (bicyclic) bond motifs is 1. The number of carbonyl (C=O) groups is 1. The van der Waals surface area contributed by atoms with Crippen LogP contribution >= 0.6 is 27.5 Å². The van der Waals surface area contributed by atoms with Gasteiger partial charge in [-0.15, -0.1) is 0 Å². The third-order valence-corrected chi connectivity index (χ3v) is 6.78. The molecule has 0 bridgehead atoms. The molecule has 1 amide bonds. The number of carbonyl (C=O) groups excluding carboxylic acids is 1. The van der Waals surface area contributed by atoms with E-state index in [4.69, 9.17) is 16.6 Å². The molecule has 168 valence electrons. The van der Waals surface area contributed by atoms with Gasteiger partial charge in [0, 0.05) is 35.7 Å². The first kappa shape index (κ1) is 21.9. The van der Waals surface area contributed by atoms with Crippen LogP contribution in [0.3, 0.4) is 0 Å². The lowest BCUT2D eigenvalue weighted by Crippen LogP contribution is -2.27. The lowest BCUT2D eigenvalue weighted by atomic mass is 10.1. The Hall–Kier alpha value is -2.90. The summed E-state index contributed by atoms with van der Waals surface area (Å²) in [5.74, 6) is 1.42. The third kappa shape index (κ3) is 4.75. The minimum atomic E-state index is 0.0970. The standard InChI is InChI=1S/C25H23BrClN5O/c26-20-15-30-32-23(14-22(31-24(20)32)17-9-4-5-10-21(17)27)28-11-6-12-29-25(33)19-13-18(19)16-7-2-1-3-8-16/h1-5,7-10,14-15,18-19,28H,6,11-13H2,(H,29,33)/t18-,19+/m0/s1. The van der Waals surface area contributed by atoms with E-state index in [1.54, 1.807) is 10.7 Å². The first-order valence-electron chi connectivity index (χ1n) is 11.0. The molecule has 33 heavy (non-hydrogen) atoms. The van der Waals surface area contributed by atoms with Gasteiger partial charge in [0.15, 0.2) is 5.65 Å². The number of benzene rings is 2. The number of amides is 1. The zero-order valence-corrected chi connectivity index (χ0v) is 20.2. The maximum atomic E-state index is 12.5. The molecule has 2 N–H and O–H groups in total. The second-order valence-corrected chi connectivity index (χ2v) is 9.43. The molecule has 0 spiro atoms. The zero-order chi connectivity index (χ0) is 22.8. The second-order valence-electron chi connectivity index (χ2n) is 8.17. The summed E-state index contributed by atoms with van der Waals surface area (Å²) in [6.07, 6.45) is 3.45. The van der Waals surface area contributed by atoms with Gasteiger partial charge in [-0.25, -0.2) is 4.98 Å². The van der Waals surface area contributed by atoms with Crippen molar-refractivity contribution in [3.63, 3.8) is 0 Å². The van der Waals surface area contributed by atoms with E-state index in [0.29, 0.717) is 29.7 Å². The van der Waals surface area contributed by atoms with E-state index in [1.807, 2.05) is 48.5 Å². The van der Waals surface area contributed by atoms with Gasteiger partial charge in [0.25, 0.3) is 0 Å². The summed E-state index contributed by atoms with van der Waals surface area (Å²) in [4.78, 5) is 17.2.